The Morgan fingerprint density at radius 3 is 2.95 bits per heavy atom. The minimum absolute atomic E-state index is 0.661. The van der Waals surface area contributed by atoms with Crippen LogP contribution in [0.1, 0.15) is 43.2 Å². The largest absolute Gasteiger partial charge is 0.383 e. The summed E-state index contributed by atoms with van der Waals surface area (Å²) >= 11 is 1.83. The van der Waals surface area contributed by atoms with Crippen molar-refractivity contribution >= 4 is 16.5 Å². The van der Waals surface area contributed by atoms with E-state index in [-0.39, 0.29) is 0 Å². The number of thiazole rings is 1. The van der Waals surface area contributed by atoms with Crippen molar-refractivity contribution in [1.29, 1.82) is 0 Å². The van der Waals surface area contributed by atoms with Crippen LogP contribution < -0.4 is 10.2 Å². The van der Waals surface area contributed by atoms with Gasteiger partial charge in [-0.05, 0) is 25.7 Å². The molecular formula is C16H29N3OS. The quantitative estimate of drug-likeness (QED) is 0.785. The predicted molar refractivity (Wildman–Crippen MR) is 90.3 cm³/mol. The first-order chi connectivity index (χ1) is 10.1. The number of methoxy groups -OCH3 is 1. The van der Waals surface area contributed by atoms with Crippen molar-refractivity contribution in [1.82, 2.24) is 10.3 Å². The molecule has 1 aliphatic rings. The van der Waals surface area contributed by atoms with E-state index in [4.69, 9.17) is 9.72 Å². The normalized spacial score (nSPS) is 22.5. The fraction of sp³-hybridized carbons (Fsp3) is 0.812. The van der Waals surface area contributed by atoms with Gasteiger partial charge in [0.2, 0.25) is 0 Å². The molecule has 0 aromatic carbocycles. The van der Waals surface area contributed by atoms with Gasteiger partial charge in [0.15, 0.2) is 5.13 Å². The van der Waals surface area contributed by atoms with E-state index >= 15 is 0 Å². The van der Waals surface area contributed by atoms with Gasteiger partial charge in [0.25, 0.3) is 0 Å². The highest BCUT2D eigenvalue weighted by Crippen LogP contribution is 2.32. The molecule has 2 atom stereocenters. The summed E-state index contributed by atoms with van der Waals surface area (Å²) in [6.45, 7) is 7.02. The molecule has 1 aromatic heterocycles. The van der Waals surface area contributed by atoms with Crippen LogP contribution in [0.3, 0.4) is 0 Å². The molecule has 0 bridgehead atoms. The van der Waals surface area contributed by atoms with Crippen molar-refractivity contribution in [3.05, 3.63) is 10.6 Å². The molecule has 1 heterocycles. The SMILES string of the molecule is COCCNCc1sc(N(C)C2CCCC(C)C2)nc1C. The Kier molecular flexibility index (Phi) is 6.45. The van der Waals surface area contributed by atoms with E-state index in [1.54, 1.807) is 7.11 Å². The molecule has 0 amide bonds. The van der Waals surface area contributed by atoms with Gasteiger partial charge in [0.05, 0.1) is 12.3 Å². The summed E-state index contributed by atoms with van der Waals surface area (Å²) in [4.78, 5) is 8.54. The van der Waals surface area contributed by atoms with Crippen molar-refractivity contribution in [3.63, 3.8) is 0 Å². The minimum Gasteiger partial charge on any atom is -0.383 e. The molecule has 1 fully saturated rings. The first kappa shape index (κ1) is 16.7. The smallest absolute Gasteiger partial charge is 0.185 e. The van der Waals surface area contributed by atoms with E-state index in [1.807, 2.05) is 11.3 Å². The number of nitrogens with zero attached hydrogens (tertiary/aromatic N) is 2. The number of nitrogens with one attached hydrogen (secondary N) is 1. The second kappa shape index (κ2) is 8.11. The number of aryl methyl sites for hydroxylation is 1. The van der Waals surface area contributed by atoms with Gasteiger partial charge in [-0.2, -0.15) is 0 Å². The van der Waals surface area contributed by atoms with Crippen LogP contribution in [0.2, 0.25) is 0 Å². The third-order valence-electron chi connectivity index (χ3n) is 4.41. The number of ether oxygens (including phenoxy) is 1. The number of hydrogen-bond donors (Lipinski definition) is 1. The van der Waals surface area contributed by atoms with Gasteiger partial charge in [0.1, 0.15) is 0 Å². The average Bonchev–Trinajstić information content (AvgIpc) is 2.84. The van der Waals surface area contributed by atoms with Gasteiger partial charge in [-0.1, -0.05) is 19.8 Å². The Hall–Kier alpha value is -0.650. The Balaban J connectivity index is 1.93. The predicted octanol–water partition coefficient (Wildman–Crippen LogP) is 3.20. The molecule has 1 aliphatic carbocycles. The summed E-state index contributed by atoms with van der Waals surface area (Å²) in [6.07, 6.45) is 5.35. The lowest BCUT2D eigenvalue weighted by Crippen LogP contribution is -2.35. The topological polar surface area (TPSA) is 37.4 Å². The van der Waals surface area contributed by atoms with E-state index < -0.39 is 0 Å². The van der Waals surface area contributed by atoms with Crippen LogP contribution in [0, 0.1) is 12.8 Å². The van der Waals surface area contributed by atoms with Crippen LogP contribution in [-0.2, 0) is 11.3 Å². The fourth-order valence-electron chi connectivity index (χ4n) is 3.01. The summed E-state index contributed by atoms with van der Waals surface area (Å²) in [6, 6.07) is 0.661. The van der Waals surface area contributed by atoms with Gasteiger partial charge >= 0.3 is 0 Å². The first-order valence-corrected chi connectivity index (χ1v) is 8.82. The molecule has 5 heteroatoms. The van der Waals surface area contributed by atoms with Crippen LogP contribution >= 0.6 is 11.3 Å². The third-order valence-corrected chi connectivity index (χ3v) is 5.66. The van der Waals surface area contributed by atoms with Gasteiger partial charge < -0.3 is 15.0 Å². The summed E-state index contributed by atoms with van der Waals surface area (Å²) in [5.74, 6) is 0.849. The lowest BCUT2D eigenvalue weighted by Gasteiger charge is -2.33. The van der Waals surface area contributed by atoms with Gasteiger partial charge in [0, 0.05) is 38.2 Å². The molecule has 120 valence electrons. The summed E-state index contributed by atoms with van der Waals surface area (Å²) in [5.41, 5.74) is 1.16. The van der Waals surface area contributed by atoms with Crippen molar-refractivity contribution in [2.75, 3.05) is 32.2 Å². The monoisotopic (exact) mass is 311 g/mol. The number of hydrogen-bond acceptors (Lipinski definition) is 5. The van der Waals surface area contributed by atoms with Crippen LogP contribution in [0.5, 0.6) is 0 Å². The maximum atomic E-state index is 5.06. The Morgan fingerprint density at radius 2 is 2.24 bits per heavy atom. The second-order valence-electron chi connectivity index (χ2n) is 6.21. The fourth-order valence-corrected chi connectivity index (χ4v) is 4.08. The second-order valence-corrected chi connectivity index (χ2v) is 7.27. The molecule has 2 rings (SSSR count). The van der Waals surface area contributed by atoms with E-state index in [2.05, 4.69) is 31.1 Å². The lowest BCUT2D eigenvalue weighted by atomic mass is 9.86. The van der Waals surface area contributed by atoms with Crippen LogP contribution in [0.4, 0.5) is 5.13 Å². The zero-order valence-electron chi connectivity index (χ0n) is 13.8. The molecule has 0 spiro atoms. The Labute approximate surface area is 132 Å². The van der Waals surface area contributed by atoms with E-state index in [0.717, 1.165) is 31.3 Å². The van der Waals surface area contributed by atoms with Crippen LogP contribution in [0.15, 0.2) is 0 Å². The third kappa shape index (κ3) is 4.66. The molecule has 1 aromatic rings. The van der Waals surface area contributed by atoms with Gasteiger partial charge in [-0.15, -0.1) is 11.3 Å². The molecule has 1 N–H and O–H groups in total. The molecule has 0 saturated heterocycles. The molecule has 0 radical (unpaired) electrons. The highest BCUT2D eigenvalue weighted by atomic mass is 32.1. The summed E-state index contributed by atoms with van der Waals surface area (Å²) < 4.78 is 5.06. The number of anilines is 1. The zero-order valence-corrected chi connectivity index (χ0v) is 14.6. The van der Waals surface area contributed by atoms with Crippen LogP contribution in [-0.4, -0.2) is 38.3 Å². The molecular weight excluding hydrogens is 282 g/mol. The highest BCUT2D eigenvalue weighted by Gasteiger charge is 2.24. The van der Waals surface area contributed by atoms with Gasteiger partial charge in [-0.25, -0.2) is 4.98 Å². The van der Waals surface area contributed by atoms with Crippen molar-refractivity contribution in [3.8, 4) is 0 Å². The maximum Gasteiger partial charge on any atom is 0.185 e. The maximum absolute atomic E-state index is 5.06. The van der Waals surface area contributed by atoms with Crippen molar-refractivity contribution in [2.45, 2.75) is 52.1 Å². The zero-order chi connectivity index (χ0) is 15.2. The summed E-state index contributed by atoms with van der Waals surface area (Å²) in [7, 11) is 3.95. The molecule has 4 nitrogen and oxygen atoms in total. The molecule has 2 unspecified atom stereocenters. The molecule has 1 saturated carbocycles. The van der Waals surface area contributed by atoms with Gasteiger partial charge in [-0.3, -0.25) is 0 Å². The van der Waals surface area contributed by atoms with Crippen molar-refractivity contribution in [2.24, 2.45) is 5.92 Å². The number of aromatic nitrogens is 1. The van der Waals surface area contributed by atoms with E-state index in [9.17, 15) is 0 Å². The Bertz CT molecular complexity index is 435. The van der Waals surface area contributed by atoms with Crippen LogP contribution in [0.25, 0.3) is 0 Å². The highest BCUT2D eigenvalue weighted by molar-refractivity contribution is 7.15. The standard InChI is InChI=1S/C16H29N3OS/c1-12-6-5-7-14(10-12)19(3)16-18-13(2)15(21-16)11-17-8-9-20-4/h12,14,17H,5-11H2,1-4H3. The molecule has 21 heavy (non-hydrogen) atoms. The average molecular weight is 311 g/mol. The number of rotatable bonds is 7. The lowest BCUT2D eigenvalue weighted by molar-refractivity contribution is 0.199. The van der Waals surface area contributed by atoms with Crippen molar-refractivity contribution < 1.29 is 4.74 Å². The van der Waals surface area contributed by atoms with E-state index in [0.29, 0.717) is 6.04 Å². The van der Waals surface area contributed by atoms with E-state index in [1.165, 1.54) is 35.7 Å². The molecule has 0 aliphatic heterocycles. The first-order valence-electron chi connectivity index (χ1n) is 8.00. The summed E-state index contributed by atoms with van der Waals surface area (Å²) in [5, 5.41) is 4.59. The minimum atomic E-state index is 0.661. The Morgan fingerprint density at radius 1 is 1.43 bits per heavy atom.